The molecule has 5 heteroatoms. The quantitative estimate of drug-likeness (QED) is 0.548. The van der Waals surface area contributed by atoms with Crippen LogP contribution in [0.5, 0.6) is 0 Å². The van der Waals surface area contributed by atoms with E-state index in [0.29, 0.717) is 19.8 Å². The molecular formula is C10H16N2O3. The molecule has 2 heterocycles. The van der Waals surface area contributed by atoms with Crippen molar-refractivity contribution >= 4 is 11.9 Å². The molecular weight excluding hydrogens is 196 g/mol. The number of imide groups is 1. The van der Waals surface area contributed by atoms with E-state index < -0.39 is 11.6 Å². The molecule has 0 aromatic carbocycles. The molecule has 15 heavy (non-hydrogen) atoms. The fraction of sp³-hybridized carbons (Fsp3) is 0.800. The summed E-state index contributed by atoms with van der Waals surface area (Å²) in [5.74, 6) is -0.132. The Bertz CT molecular complexity index is 284. The van der Waals surface area contributed by atoms with Crippen LogP contribution in [-0.4, -0.2) is 53.1 Å². The van der Waals surface area contributed by atoms with Crippen LogP contribution in [-0.2, 0) is 9.53 Å². The summed E-state index contributed by atoms with van der Waals surface area (Å²) in [7, 11) is 0. The average Bonchev–Trinajstić information content (AvgIpc) is 2.39. The third-order valence-corrected chi connectivity index (χ3v) is 2.74. The SMILES string of the molecule is CC(C)(C)N1C(=O)C2COCCN2C1=O. The van der Waals surface area contributed by atoms with Crippen molar-refractivity contribution < 1.29 is 14.3 Å². The number of morpholine rings is 1. The monoisotopic (exact) mass is 212 g/mol. The van der Waals surface area contributed by atoms with Crippen LogP contribution >= 0.6 is 0 Å². The number of carbonyl (C=O) groups excluding carboxylic acids is 2. The molecule has 5 nitrogen and oxygen atoms in total. The van der Waals surface area contributed by atoms with Gasteiger partial charge in [-0.05, 0) is 20.8 Å². The zero-order valence-corrected chi connectivity index (χ0v) is 9.32. The minimum atomic E-state index is -0.453. The number of hydrogen-bond acceptors (Lipinski definition) is 3. The van der Waals surface area contributed by atoms with Gasteiger partial charge in [0.05, 0.1) is 13.2 Å². The van der Waals surface area contributed by atoms with Crippen LogP contribution in [0.2, 0.25) is 0 Å². The molecule has 1 atom stereocenters. The molecule has 0 saturated carbocycles. The van der Waals surface area contributed by atoms with E-state index >= 15 is 0 Å². The maximum absolute atomic E-state index is 12.0. The lowest BCUT2D eigenvalue weighted by Crippen LogP contribution is -2.46. The number of hydrogen-bond donors (Lipinski definition) is 0. The number of carbonyl (C=O) groups is 2. The smallest absolute Gasteiger partial charge is 0.328 e. The van der Waals surface area contributed by atoms with E-state index in [1.54, 1.807) is 4.90 Å². The molecule has 2 rings (SSSR count). The molecule has 0 bridgehead atoms. The molecule has 2 fully saturated rings. The zero-order valence-electron chi connectivity index (χ0n) is 9.32. The van der Waals surface area contributed by atoms with Gasteiger partial charge in [-0.1, -0.05) is 0 Å². The summed E-state index contributed by atoms with van der Waals surface area (Å²) in [6.45, 7) is 6.96. The Labute approximate surface area is 89.0 Å². The van der Waals surface area contributed by atoms with Gasteiger partial charge < -0.3 is 9.64 Å². The Morgan fingerprint density at radius 1 is 1.33 bits per heavy atom. The molecule has 0 radical (unpaired) electrons. The van der Waals surface area contributed by atoms with Crippen molar-refractivity contribution in [2.24, 2.45) is 0 Å². The van der Waals surface area contributed by atoms with Crippen LogP contribution in [0.25, 0.3) is 0 Å². The maximum atomic E-state index is 12.0. The van der Waals surface area contributed by atoms with Crippen molar-refractivity contribution in [1.29, 1.82) is 0 Å². The first-order valence-corrected chi connectivity index (χ1v) is 5.15. The van der Waals surface area contributed by atoms with Crippen molar-refractivity contribution in [3.8, 4) is 0 Å². The minimum Gasteiger partial charge on any atom is -0.377 e. The largest absolute Gasteiger partial charge is 0.377 e. The second-order valence-corrected chi connectivity index (χ2v) is 4.91. The predicted octanol–water partition coefficient (Wildman–Crippen LogP) is 0.448. The van der Waals surface area contributed by atoms with Gasteiger partial charge in [0.15, 0.2) is 0 Å². The lowest BCUT2D eigenvalue weighted by molar-refractivity contribution is -0.134. The normalized spacial score (nSPS) is 27.3. The molecule has 2 aliphatic heterocycles. The maximum Gasteiger partial charge on any atom is 0.328 e. The van der Waals surface area contributed by atoms with Gasteiger partial charge in [0.1, 0.15) is 6.04 Å². The molecule has 0 aromatic heterocycles. The topological polar surface area (TPSA) is 49.9 Å². The number of rotatable bonds is 0. The minimum absolute atomic E-state index is 0.132. The van der Waals surface area contributed by atoms with E-state index in [1.807, 2.05) is 20.8 Å². The number of amides is 3. The van der Waals surface area contributed by atoms with Crippen molar-refractivity contribution in [2.45, 2.75) is 32.4 Å². The number of ether oxygens (including phenoxy) is 1. The fourth-order valence-corrected chi connectivity index (χ4v) is 2.03. The van der Waals surface area contributed by atoms with Crippen molar-refractivity contribution in [3.05, 3.63) is 0 Å². The highest BCUT2D eigenvalue weighted by Crippen LogP contribution is 2.27. The third-order valence-electron chi connectivity index (χ3n) is 2.74. The van der Waals surface area contributed by atoms with Crippen LogP contribution in [0.3, 0.4) is 0 Å². The Morgan fingerprint density at radius 2 is 2.00 bits per heavy atom. The number of urea groups is 1. The van der Waals surface area contributed by atoms with Gasteiger partial charge >= 0.3 is 6.03 Å². The first-order chi connectivity index (χ1) is 6.93. The zero-order chi connectivity index (χ0) is 11.2. The lowest BCUT2D eigenvalue weighted by Gasteiger charge is -2.29. The highest BCUT2D eigenvalue weighted by Gasteiger charge is 2.50. The van der Waals surface area contributed by atoms with E-state index in [9.17, 15) is 9.59 Å². The van der Waals surface area contributed by atoms with Gasteiger partial charge in [0.2, 0.25) is 0 Å². The van der Waals surface area contributed by atoms with E-state index in [4.69, 9.17) is 4.74 Å². The van der Waals surface area contributed by atoms with Gasteiger partial charge in [-0.15, -0.1) is 0 Å². The van der Waals surface area contributed by atoms with Gasteiger partial charge in [0.25, 0.3) is 5.91 Å². The molecule has 0 aliphatic carbocycles. The Hall–Kier alpha value is -1.10. The van der Waals surface area contributed by atoms with Gasteiger partial charge in [-0.25, -0.2) is 4.79 Å². The first kappa shape index (κ1) is 10.4. The summed E-state index contributed by atoms with van der Waals surface area (Å²) < 4.78 is 5.22. The van der Waals surface area contributed by atoms with Crippen molar-refractivity contribution in [2.75, 3.05) is 19.8 Å². The average molecular weight is 212 g/mol. The standard InChI is InChI=1S/C10H16N2O3/c1-10(2,3)12-8(13)7-6-15-5-4-11(7)9(12)14/h7H,4-6H2,1-3H3. The van der Waals surface area contributed by atoms with Crippen LogP contribution in [0.15, 0.2) is 0 Å². The van der Waals surface area contributed by atoms with Crippen molar-refractivity contribution in [1.82, 2.24) is 9.80 Å². The molecule has 3 amide bonds. The third kappa shape index (κ3) is 1.51. The van der Waals surface area contributed by atoms with Crippen LogP contribution in [0.1, 0.15) is 20.8 Å². The second kappa shape index (κ2) is 3.20. The summed E-state index contributed by atoms with van der Waals surface area (Å²) in [6.07, 6.45) is 0. The molecule has 2 aliphatic rings. The summed E-state index contributed by atoms with van der Waals surface area (Å²) in [5.41, 5.74) is -0.453. The van der Waals surface area contributed by atoms with Gasteiger partial charge in [-0.3, -0.25) is 9.69 Å². The van der Waals surface area contributed by atoms with E-state index in [-0.39, 0.29) is 11.9 Å². The Kier molecular flexibility index (Phi) is 2.22. The summed E-state index contributed by atoms with van der Waals surface area (Å²) in [4.78, 5) is 26.9. The van der Waals surface area contributed by atoms with Gasteiger partial charge in [-0.2, -0.15) is 0 Å². The summed E-state index contributed by atoms with van der Waals surface area (Å²) >= 11 is 0. The highest BCUT2D eigenvalue weighted by atomic mass is 16.5. The first-order valence-electron chi connectivity index (χ1n) is 5.15. The Morgan fingerprint density at radius 3 is 2.53 bits per heavy atom. The molecule has 0 aromatic rings. The van der Waals surface area contributed by atoms with E-state index in [1.165, 1.54) is 4.90 Å². The number of nitrogens with zero attached hydrogens (tertiary/aromatic N) is 2. The van der Waals surface area contributed by atoms with Crippen LogP contribution < -0.4 is 0 Å². The number of fused-ring (bicyclic) bond motifs is 1. The summed E-state index contributed by atoms with van der Waals surface area (Å²) in [6, 6.07) is -0.578. The van der Waals surface area contributed by atoms with Gasteiger partial charge in [0, 0.05) is 12.1 Å². The molecule has 0 spiro atoms. The highest BCUT2D eigenvalue weighted by molar-refractivity contribution is 6.05. The second-order valence-electron chi connectivity index (χ2n) is 4.91. The molecule has 2 saturated heterocycles. The summed E-state index contributed by atoms with van der Waals surface area (Å²) in [5, 5.41) is 0. The van der Waals surface area contributed by atoms with Crippen molar-refractivity contribution in [3.63, 3.8) is 0 Å². The molecule has 1 unspecified atom stereocenters. The van der Waals surface area contributed by atoms with E-state index in [0.717, 1.165) is 0 Å². The molecule has 84 valence electrons. The van der Waals surface area contributed by atoms with Crippen LogP contribution in [0.4, 0.5) is 4.79 Å². The fourth-order valence-electron chi connectivity index (χ4n) is 2.03. The van der Waals surface area contributed by atoms with E-state index in [2.05, 4.69) is 0 Å². The van der Waals surface area contributed by atoms with Crippen LogP contribution in [0, 0.1) is 0 Å². The predicted molar refractivity (Wildman–Crippen MR) is 53.3 cm³/mol. The molecule has 0 N–H and O–H groups in total. The lowest BCUT2D eigenvalue weighted by atomic mass is 10.1. The Balaban J connectivity index is 2.29.